The van der Waals surface area contributed by atoms with E-state index >= 15 is 0 Å². The molecule has 6 nitrogen and oxygen atoms in total. The predicted molar refractivity (Wildman–Crippen MR) is 91.9 cm³/mol. The molecule has 0 aliphatic rings. The standard InChI is InChI=1S/C17H19N3O3S/c21-11-5-9-15(13-6-2-1-3-7-13)20-24(22,23)16-12-19-17-14(16)8-4-10-18-17/h1-4,6-8,10,12,15,20-21H,5,9,11H2,(H,18,19). The summed E-state index contributed by atoms with van der Waals surface area (Å²) in [5, 5.41) is 9.65. The van der Waals surface area contributed by atoms with Crippen molar-refractivity contribution in [1.29, 1.82) is 0 Å². The number of hydrogen-bond acceptors (Lipinski definition) is 4. The smallest absolute Gasteiger partial charge is 0.243 e. The van der Waals surface area contributed by atoms with E-state index in [1.807, 2.05) is 30.3 Å². The Kier molecular flexibility index (Phi) is 4.94. The van der Waals surface area contributed by atoms with Gasteiger partial charge in [0.25, 0.3) is 0 Å². The lowest BCUT2D eigenvalue weighted by molar-refractivity contribution is 0.278. The van der Waals surface area contributed by atoms with E-state index in [2.05, 4.69) is 14.7 Å². The number of aliphatic hydroxyl groups excluding tert-OH is 1. The van der Waals surface area contributed by atoms with Gasteiger partial charge in [-0.25, -0.2) is 18.1 Å². The number of sulfonamides is 1. The van der Waals surface area contributed by atoms with Crippen LogP contribution in [0.25, 0.3) is 11.0 Å². The molecule has 0 bridgehead atoms. The summed E-state index contributed by atoms with van der Waals surface area (Å²) < 4.78 is 28.4. The molecule has 0 aliphatic heterocycles. The van der Waals surface area contributed by atoms with Crippen molar-refractivity contribution < 1.29 is 13.5 Å². The number of pyridine rings is 1. The van der Waals surface area contributed by atoms with E-state index in [0.29, 0.717) is 23.9 Å². The Hall–Kier alpha value is -2.22. The summed E-state index contributed by atoms with van der Waals surface area (Å²) >= 11 is 0. The molecular weight excluding hydrogens is 326 g/mol. The topological polar surface area (TPSA) is 95.1 Å². The highest BCUT2D eigenvalue weighted by Crippen LogP contribution is 2.25. The molecule has 24 heavy (non-hydrogen) atoms. The minimum atomic E-state index is -3.72. The van der Waals surface area contributed by atoms with Gasteiger partial charge in [-0.15, -0.1) is 0 Å². The highest BCUT2D eigenvalue weighted by molar-refractivity contribution is 7.89. The molecule has 0 aliphatic carbocycles. The van der Waals surface area contributed by atoms with Gasteiger partial charge in [0.1, 0.15) is 10.5 Å². The summed E-state index contributed by atoms with van der Waals surface area (Å²) in [6.45, 7) is 0.0159. The van der Waals surface area contributed by atoms with Gasteiger partial charge in [-0.1, -0.05) is 30.3 Å². The first-order valence-electron chi connectivity index (χ1n) is 7.72. The fourth-order valence-corrected chi connectivity index (χ4v) is 4.10. The second kappa shape index (κ2) is 7.12. The van der Waals surface area contributed by atoms with Crippen LogP contribution in [-0.4, -0.2) is 30.1 Å². The zero-order chi connectivity index (χ0) is 17.0. The van der Waals surface area contributed by atoms with E-state index in [9.17, 15) is 8.42 Å². The Morgan fingerprint density at radius 2 is 1.96 bits per heavy atom. The molecule has 7 heteroatoms. The Morgan fingerprint density at radius 1 is 1.17 bits per heavy atom. The molecule has 1 aromatic carbocycles. The van der Waals surface area contributed by atoms with Gasteiger partial charge in [-0.2, -0.15) is 0 Å². The van der Waals surface area contributed by atoms with E-state index < -0.39 is 16.1 Å². The third-order valence-electron chi connectivity index (χ3n) is 3.85. The lowest BCUT2D eigenvalue weighted by Crippen LogP contribution is -2.28. The fourth-order valence-electron chi connectivity index (χ4n) is 2.68. The Labute approximate surface area is 140 Å². The van der Waals surface area contributed by atoms with Crippen molar-refractivity contribution in [3.63, 3.8) is 0 Å². The molecule has 1 atom stereocenters. The Balaban J connectivity index is 1.93. The number of H-pyrrole nitrogens is 1. The van der Waals surface area contributed by atoms with Crippen molar-refractivity contribution in [3.8, 4) is 0 Å². The molecule has 126 valence electrons. The number of benzene rings is 1. The van der Waals surface area contributed by atoms with Crippen LogP contribution in [0.5, 0.6) is 0 Å². The van der Waals surface area contributed by atoms with Gasteiger partial charge < -0.3 is 10.1 Å². The highest BCUT2D eigenvalue weighted by atomic mass is 32.2. The maximum absolute atomic E-state index is 12.8. The van der Waals surface area contributed by atoms with Gasteiger partial charge in [-0.05, 0) is 30.5 Å². The predicted octanol–water partition coefficient (Wildman–Crippen LogP) is 2.36. The lowest BCUT2D eigenvalue weighted by Gasteiger charge is -2.18. The SMILES string of the molecule is O=S(=O)(NC(CCCO)c1ccccc1)c1c[nH]c2ncccc12. The van der Waals surface area contributed by atoms with Crippen molar-refractivity contribution in [3.05, 3.63) is 60.4 Å². The monoisotopic (exact) mass is 345 g/mol. The van der Waals surface area contributed by atoms with E-state index in [4.69, 9.17) is 5.11 Å². The average molecular weight is 345 g/mol. The van der Waals surface area contributed by atoms with Crippen molar-refractivity contribution in [1.82, 2.24) is 14.7 Å². The van der Waals surface area contributed by atoms with Gasteiger partial charge >= 0.3 is 0 Å². The van der Waals surface area contributed by atoms with Gasteiger partial charge in [-0.3, -0.25) is 0 Å². The van der Waals surface area contributed by atoms with Crippen LogP contribution in [0.1, 0.15) is 24.4 Å². The van der Waals surface area contributed by atoms with Gasteiger partial charge in [0.15, 0.2) is 0 Å². The second-order valence-corrected chi connectivity index (χ2v) is 7.19. The first-order valence-corrected chi connectivity index (χ1v) is 9.20. The molecule has 0 saturated heterocycles. The largest absolute Gasteiger partial charge is 0.396 e. The Morgan fingerprint density at radius 3 is 2.71 bits per heavy atom. The van der Waals surface area contributed by atoms with Gasteiger partial charge in [0, 0.05) is 30.4 Å². The first-order chi connectivity index (χ1) is 11.6. The van der Waals surface area contributed by atoms with Crippen LogP contribution in [0.15, 0.2) is 59.8 Å². The molecule has 3 N–H and O–H groups in total. The van der Waals surface area contributed by atoms with Crippen LogP contribution in [0.2, 0.25) is 0 Å². The van der Waals surface area contributed by atoms with E-state index in [0.717, 1.165) is 5.56 Å². The summed E-state index contributed by atoms with van der Waals surface area (Å²) in [5.74, 6) is 0. The lowest BCUT2D eigenvalue weighted by atomic mass is 10.0. The summed E-state index contributed by atoms with van der Waals surface area (Å²) in [6, 6.07) is 12.4. The molecule has 2 aromatic heterocycles. The number of nitrogens with zero attached hydrogens (tertiary/aromatic N) is 1. The molecule has 0 spiro atoms. The molecule has 2 heterocycles. The molecule has 1 unspecified atom stereocenters. The molecule has 0 saturated carbocycles. The molecule has 3 rings (SSSR count). The number of aromatic nitrogens is 2. The maximum atomic E-state index is 12.8. The minimum absolute atomic E-state index is 0.0159. The number of aliphatic hydroxyl groups is 1. The zero-order valence-electron chi connectivity index (χ0n) is 13.0. The molecular formula is C17H19N3O3S. The number of aromatic amines is 1. The van der Waals surface area contributed by atoms with E-state index in [-0.39, 0.29) is 11.5 Å². The second-order valence-electron chi connectivity index (χ2n) is 5.50. The van der Waals surface area contributed by atoms with Crippen molar-refractivity contribution in [2.75, 3.05) is 6.61 Å². The van der Waals surface area contributed by atoms with Crippen LogP contribution in [0.4, 0.5) is 0 Å². The van der Waals surface area contributed by atoms with Crippen LogP contribution < -0.4 is 4.72 Å². The van der Waals surface area contributed by atoms with Crippen LogP contribution >= 0.6 is 0 Å². The summed E-state index contributed by atoms with van der Waals surface area (Å²) in [5.41, 5.74) is 1.40. The van der Waals surface area contributed by atoms with Crippen LogP contribution in [0.3, 0.4) is 0 Å². The number of nitrogens with one attached hydrogen (secondary N) is 2. The van der Waals surface area contributed by atoms with Gasteiger partial charge in [0.05, 0.1) is 0 Å². The summed E-state index contributed by atoms with van der Waals surface area (Å²) in [6.07, 6.45) is 4.09. The molecule has 0 radical (unpaired) electrons. The minimum Gasteiger partial charge on any atom is -0.396 e. The molecule has 3 aromatic rings. The quantitative estimate of drug-likeness (QED) is 0.612. The summed E-state index contributed by atoms with van der Waals surface area (Å²) in [7, 11) is -3.72. The van der Waals surface area contributed by atoms with Crippen molar-refractivity contribution in [2.45, 2.75) is 23.8 Å². The highest BCUT2D eigenvalue weighted by Gasteiger charge is 2.24. The summed E-state index contributed by atoms with van der Waals surface area (Å²) in [4.78, 5) is 7.18. The zero-order valence-corrected chi connectivity index (χ0v) is 13.8. The number of fused-ring (bicyclic) bond motifs is 1. The van der Waals surface area contributed by atoms with Crippen molar-refractivity contribution >= 4 is 21.1 Å². The first kappa shape index (κ1) is 16.6. The van der Waals surface area contributed by atoms with E-state index in [1.54, 1.807) is 18.3 Å². The maximum Gasteiger partial charge on any atom is 0.243 e. The normalized spacial score (nSPS) is 13.2. The van der Waals surface area contributed by atoms with Crippen LogP contribution in [0, 0.1) is 0 Å². The average Bonchev–Trinajstić information content (AvgIpc) is 3.04. The number of rotatable bonds is 7. The van der Waals surface area contributed by atoms with Crippen LogP contribution in [-0.2, 0) is 10.0 Å². The fraction of sp³-hybridized carbons (Fsp3) is 0.235. The van der Waals surface area contributed by atoms with E-state index in [1.165, 1.54) is 6.20 Å². The van der Waals surface area contributed by atoms with Crippen molar-refractivity contribution in [2.24, 2.45) is 0 Å². The third-order valence-corrected chi connectivity index (χ3v) is 5.36. The third kappa shape index (κ3) is 3.48. The van der Waals surface area contributed by atoms with Gasteiger partial charge in [0.2, 0.25) is 10.0 Å². The Bertz CT molecular complexity index is 907. The number of hydrogen-bond donors (Lipinski definition) is 3. The molecule has 0 fully saturated rings. The molecule has 0 amide bonds.